The molecular formula is C18H24F3NO3. The molecule has 1 atom stereocenters. The monoisotopic (exact) mass is 359 g/mol. The minimum absolute atomic E-state index is 0.190. The van der Waals surface area contributed by atoms with Crippen molar-refractivity contribution in [3.63, 3.8) is 0 Å². The van der Waals surface area contributed by atoms with E-state index in [2.05, 4.69) is 4.90 Å². The van der Waals surface area contributed by atoms with Gasteiger partial charge in [0.15, 0.2) is 6.61 Å². The number of halogens is 3. The van der Waals surface area contributed by atoms with Gasteiger partial charge in [-0.15, -0.1) is 0 Å². The Kier molecular flexibility index (Phi) is 7.11. The Bertz CT molecular complexity index is 563. The Morgan fingerprint density at radius 1 is 1.24 bits per heavy atom. The first-order valence-corrected chi connectivity index (χ1v) is 8.44. The second-order valence-corrected chi connectivity index (χ2v) is 6.36. The molecule has 25 heavy (non-hydrogen) atoms. The Hall–Kier alpha value is -1.76. The highest BCUT2D eigenvalue weighted by Gasteiger charge is 2.29. The van der Waals surface area contributed by atoms with Crippen LogP contribution in [-0.4, -0.2) is 43.9 Å². The van der Waals surface area contributed by atoms with Crippen LogP contribution < -0.4 is 4.74 Å². The molecule has 1 saturated heterocycles. The fraction of sp³-hybridized carbons (Fsp3) is 0.611. The highest BCUT2D eigenvalue weighted by atomic mass is 19.4. The Morgan fingerprint density at radius 3 is 2.72 bits per heavy atom. The van der Waals surface area contributed by atoms with E-state index in [9.17, 15) is 18.0 Å². The maximum Gasteiger partial charge on any atom is 0.422 e. The first kappa shape index (κ1) is 19.6. The molecule has 0 bridgehead atoms. The number of nitrogens with zero attached hydrogens (tertiary/aromatic N) is 1. The molecule has 1 aliphatic rings. The SMILES string of the molecule is COC(=O)CC1CCCN(Cc2ccccc2OCC(F)(F)F)CC1. The summed E-state index contributed by atoms with van der Waals surface area (Å²) >= 11 is 0. The molecule has 140 valence electrons. The zero-order valence-corrected chi connectivity index (χ0v) is 14.3. The van der Waals surface area contributed by atoms with Gasteiger partial charge in [0.25, 0.3) is 0 Å². The molecule has 4 nitrogen and oxygen atoms in total. The number of methoxy groups -OCH3 is 1. The number of hydrogen-bond donors (Lipinski definition) is 0. The molecule has 1 aliphatic heterocycles. The molecule has 7 heteroatoms. The number of benzene rings is 1. The number of esters is 1. The van der Waals surface area contributed by atoms with Crippen LogP contribution >= 0.6 is 0 Å². The van der Waals surface area contributed by atoms with Gasteiger partial charge in [0.1, 0.15) is 5.75 Å². The molecule has 1 heterocycles. The molecule has 0 radical (unpaired) electrons. The molecule has 1 aromatic carbocycles. The summed E-state index contributed by atoms with van der Waals surface area (Å²) in [4.78, 5) is 13.6. The Balaban J connectivity index is 1.92. The second kappa shape index (κ2) is 9.08. The topological polar surface area (TPSA) is 38.8 Å². The second-order valence-electron chi connectivity index (χ2n) is 6.36. The van der Waals surface area contributed by atoms with Crippen molar-refractivity contribution in [3.8, 4) is 5.75 Å². The third-order valence-corrected chi connectivity index (χ3v) is 4.38. The van der Waals surface area contributed by atoms with Crippen LogP contribution in [0.4, 0.5) is 13.2 Å². The summed E-state index contributed by atoms with van der Waals surface area (Å²) in [5.74, 6) is 0.383. The van der Waals surface area contributed by atoms with Gasteiger partial charge in [0.05, 0.1) is 7.11 Å². The predicted octanol–water partition coefficient (Wildman–Crippen LogP) is 3.79. The minimum Gasteiger partial charge on any atom is -0.484 e. The summed E-state index contributed by atoms with van der Waals surface area (Å²) in [7, 11) is 1.39. The van der Waals surface area contributed by atoms with Gasteiger partial charge in [0.2, 0.25) is 0 Å². The predicted molar refractivity (Wildman–Crippen MR) is 87.2 cm³/mol. The highest BCUT2D eigenvalue weighted by molar-refractivity contribution is 5.69. The lowest BCUT2D eigenvalue weighted by atomic mass is 9.97. The van der Waals surface area contributed by atoms with Crippen LogP contribution in [0.25, 0.3) is 0 Å². The molecule has 0 saturated carbocycles. The standard InChI is InChI=1S/C18H24F3NO3/c1-24-17(23)11-14-5-4-9-22(10-8-14)12-15-6-2-3-7-16(15)25-13-18(19,20)21/h2-3,6-7,14H,4-5,8-13H2,1H3. The summed E-state index contributed by atoms with van der Waals surface area (Å²) in [6.45, 7) is 0.907. The maximum atomic E-state index is 12.4. The molecule has 1 fully saturated rings. The zero-order chi connectivity index (χ0) is 18.3. The van der Waals surface area contributed by atoms with Crippen LogP contribution in [0.5, 0.6) is 5.75 Å². The summed E-state index contributed by atoms with van der Waals surface area (Å²) in [5, 5.41) is 0. The number of rotatable bonds is 6. The van der Waals surface area contributed by atoms with E-state index in [-0.39, 0.29) is 11.7 Å². The quantitative estimate of drug-likeness (QED) is 0.725. The van der Waals surface area contributed by atoms with Crippen molar-refractivity contribution in [2.75, 3.05) is 26.8 Å². The van der Waals surface area contributed by atoms with E-state index in [1.807, 2.05) is 0 Å². The molecule has 1 aromatic rings. The molecule has 0 amide bonds. The van der Waals surface area contributed by atoms with E-state index in [1.165, 1.54) is 7.11 Å². The van der Waals surface area contributed by atoms with Crippen molar-refractivity contribution in [2.45, 2.75) is 38.4 Å². The molecule has 2 rings (SSSR count). The summed E-state index contributed by atoms with van der Waals surface area (Å²) in [6.07, 6.45) is -1.14. The largest absolute Gasteiger partial charge is 0.484 e. The van der Waals surface area contributed by atoms with Crippen LogP contribution in [0, 0.1) is 5.92 Å². The number of hydrogen-bond acceptors (Lipinski definition) is 4. The van der Waals surface area contributed by atoms with Crippen LogP contribution in [-0.2, 0) is 16.1 Å². The number of likely N-dealkylation sites (tertiary alicyclic amines) is 1. The molecular weight excluding hydrogens is 335 g/mol. The number of carbonyl (C=O) groups is 1. The van der Waals surface area contributed by atoms with E-state index in [4.69, 9.17) is 9.47 Å². The van der Waals surface area contributed by atoms with Gasteiger partial charge in [-0.2, -0.15) is 13.2 Å². The smallest absolute Gasteiger partial charge is 0.422 e. The van der Waals surface area contributed by atoms with Crippen LogP contribution in [0.1, 0.15) is 31.2 Å². The third-order valence-electron chi connectivity index (χ3n) is 4.38. The van der Waals surface area contributed by atoms with E-state index >= 15 is 0 Å². The fourth-order valence-corrected chi connectivity index (χ4v) is 3.08. The van der Waals surface area contributed by atoms with Crippen LogP contribution in [0.15, 0.2) is 24.3 Å². The van der Waals surface area contributed by atoms with E-state index < -0.39 is 12.8 Å². The molecule has 0 spiro atoms. The van der Waals surface area contributed by atoms with Gasteiger partial charge in [-0.05, 0) is 44.3 Å². The molecule has 0 aliphatic carbocycles. The van der Waals surface area contributed by atoms with Crippen LogP contribution in [0.2, 0.25) is 0 Å². The zero-order valence-electron chi connectivity index (χ0n) is 14.3. The maximum absolute atomic E-state index is 12.4. The lowest BCUT2D eigenvalue weighted by Crippen LogP contribution is -2.25. The van der Waals surface area contributed by atoms with Crippen LogP contribution in [0.3, 0.4) is 0 Å². The van der Waals surface area contributed by atoms with E-state index in [0.717, 1.165) is 37.9 Å². The average molecular weight is 359 g/mol. The lowest BCUT2D eigenvalue weighted by Gasteiger charge is -2.22. The molecule has 1 unspecified atom stereocenters. The van der Waals surface area contributed by atoms with Crippen molar-refractivity contribution >= 4 is 5.97 Å². The Labute approximate surface area is 145 Å². The molecule has 0 N–H and O–H groups in total. The van der Waals surface area contributed by atoms with Gasteiger partial charge in [-0.3, -0.25) is 9.69 Å². The molecule has 0 aromatic heterocycles. The fourth-order valence-electron chi connectivity index (χ4n) is 3.08. The van der Waals surface area contributed by atoms with Crippen molar-refractivity contribution in [3.05, 3.63) is 29.8 Å². The average Bonchev–Trinajstić information content (AvgIpc) is 2.78. The number of carbonyl (C=O) groups excluding carboxylic acids is 1. The normalized spacial score (nSPS) is 19.3. The number of ether oxygens (including phenoxy) is 2. The Morgan fingerprint density at radius 2 is 2.00 bits per heavy atom. The number of para-hydroxylation sites is 1. The first-order chi connectivity index (χ1) is 11.9. The highest BCUT2D eigenvalue weighted by Crippen LogP contribution is 2.26. The number of alkyl halides is 3. The van der Waals surface area contributed by atoms with Gasteiger partial charge in [0, 0.05) is 18.5 Å². The van der Waals surface area contributed by atoms with Crippen molar-refractivity contribution in [1.82, 2.24) is 4.90 Å². The van der Waals surface area contributed by atoms with Crippen molar-refractivity contribution < 1.29 is 27.4 Å². The third kappa shape index (κ3) is 6.94. The minimum atomic E-state index is -4.35. The van der Waals surface area contributed by atoms with Gasteiger partial charge in [-0.25, -0.2) is 0 Å². The van der Waals surface area contributed by atoms with Gasteiger partial charge >= 0.3 is 12.1 Å². The first-order valence-electron chi connectivity index (χ1n) is 8.44. The summed E-state index contributed by atoms with van der Waals surface area (Å²) in [5.41, 5.74) is 0.748. The van der Waals surface area contributed by atoms with Gasteiger partial charge in [-0.1, -0.05) is 18.2 Å². The van der Waals surface area contributed by atoms with Crippen molar-refractivity contribution in [2.24, 2.45) is 5.92 Å². The van der Waals surface area contributed by atoms with Gasteiger partial charge < -0.3 is 9.47 Å². The summed E-state index contributed by atoms with van der Waals surface area (Å²) in [6, 6.07) is 6.83. The van der Waals surface area contributed by atoms with Crippen molar-refractivity contribution in [1.29, 1.82) is 0 Å². The lowest BCUT2D eigenvalue weighted by molar-refractivity contribution is -0.153. The van der Waals surface area contributed by atoms with E-state index in [0.29, 0.717) is 18.9 Å². The summed E-state index contributed by atoms with van der Waals surface area (Å²) < 4.78 is 46.8. The van der Waals surface area contributed by atoms with E-state index in [1.54, 1.807) is 24.3 Å².